The number of hydrogen-bond acceptors (Lipinski definition) is 6. The second kappa shape index (κ2) is 11.3. The minimum Gasteiger partial charge on any atom is -0.394 e. The lowest BCUT2D eigenvalue weighted by atomic mass is 10.0. The second-order valence-electron chi connectivity index (χ2n) is 8.98. The maximum atomic E-state index is 14.2. The van der Waals surface area contributed by atoms with Crippen LogP contribution in [0.2, 0.25) is 10.0 Å². The molecule has 1 fully saturated rings. The van der Waals surface area contributed by atoms with Gasteiger partial charge in [-0.15, -0.1) is 0 Å². The first-order chi connectivity index (χ1) is 17.7. The predicted molar refractivity (Wildman–Crippen MR) is 143 cm³/mol. The van der Waals surface area contributed by atoms with Gasteiger partial charge in [0.05, 0.1) is 22.5 Å². The maximum Gasteiger partial charge on any atom is 0.271 e. The molecular weight excluding hydrogens is 518 g/mol. The highest BCUT2D eigenvalue weighted by Gasteiger charge is 2.28. The SMILES string of the molecule is CC(c1c(Cl)ccc(F)c1Cl)N1CCNC(N)=C1C=C(N)C(=O)Nc1ccc(C(=O)N2CCCC2)cc1. The number of anilines is 1. The Hall–Kier alpha value is -3.43. The Labute approximate surface area is 225 Å². The molecule has 37 heavy (non-hydrogen) atoms. The highest BCUT2D eigenvalue weighted by molar-refractivity contribution is 6.36. The van der Waals surface area contributed by atoms with Crippen molar-refractivity contribution in [1.29, 1.82) is 0 Å². The van der Waals surface area contributed by atoms with Gasteiger partial charge in [0.25, 0.3) is 11.8 Å². The molecule has 1 atom stereocenters. The van der Waals surface area contributed by atoms with Gasteiger partial charge in [-0.2, -0.15) is 0 Å². The lowest BCUT2D eigenvalue weighted by Crippen LogP contribution is -2.43. The van der Waals surface area contributed by atoms with Gasteiger partial charge in [0, 0.05) is 48.0 Å². The zero-order valence-corrected chi connectivity index (χ0v) is 21.9. The van der Waals surface area contributed by atoms with Gasteiger partial charge in [0.1, 0.15) is 11.6 Å². The van der Waals surface area contributed by atoms with E-state index in [0.29, 0.717) is 46.4 Å². The summed E-state index contributed by atoms with van der Waals surface area (Å²) in [5, 5.41) is 6.03. The number of nitrogens with one attached hydrogen (secondary N) is 2. The summed E-state index contributed by atoms with van der Waals surface area (Å²) in [4.78, 5) is 29.1. The molecule has 8 nitrogen and oxygen atoms in total. The van der Waals surface area contributed by atoms with Gasteiger partial charge in [0.15, 0.2) is 0 Å². The molecule has 2 aliphatic rings. The summed E-state index contributed by atoms with van der Waals surface area (Å²) in [6, 6.07) is 8.87. The van der Waals surface area contributed by atoms with E-state index in [1.807, 2.05) is 16.7 Å². The van der Waals surface area contributed by atoms with Crippen LogP contribution in [0.3, 0.4) is 0 Å². The van der Waals surface area contributed by atoms with Crippen molar-refractivity contribution in [3.63, 3.8) is 0 Å². The molecule has 2 amide bonds. The fourth-order valence-electron chi connectivity index (χ4n) is 4.54. The molecule has 0 radical (unpaired) electrons. The number of allylic oxidation sites excluding steroid dienone is 1. The zero-order valence-electron chi connectivity index (χ0n) is 20.4. The van der Waals surface area contributed by atoms with E-state index in [1.165, 1.54) is 18.2 Å². The average Bonchev–Trinajstić information content (AvgIpc) is 3.42. The number of halogens is 3. The molecule has 1 saturated heterocycles. The van der Waals surface area contributed by atoms with E-state index < -0.39 is 17.8 Å². The normalized spacial score (nSPS) is 17.0. The molecule has 6 N–H and O–H groups in total. The quantitative estimate of drug-likeness (QED) is 0.322. The van der Waals surface area contributed by atoms with E-state index in [-0.39, 0.29) is 16.6 Å². The first-order valence-corrected chi connectivity index (χ1v) is 12.7. The first-order valence-electron chi connectivity index (χ1n) is 12.0. The van der Waals surface area contributed by atoms with Crippen molar-refractivity contribution in [2.45, 2.75) is 25.8 Å². The fourth-order valence-corrected chi connectivity index (χ4v) is 5.22. The molecule has 2 aromatic rings. The van der Waals surface area contributed by atoms with Crippen LogP contribution < -0.4 is 22.1 Å². The number of carbonyl (C=O) groups is 2. The van der Waals surface area contributed by atoms with Crippen LogP contribution in [0.25, 0.3) is 0 Å². The van der Waals surface area contributed by atoms with Crippen LogP contribution in [0.15, 0.2) is 59.7 Å². The van der Waals surface area contributed by atoms with Gasteiger partial charge < -0.3 is 31.9 Å². The van der Waals surface area contributed by atoms with E-state index in [4.69, 9.17) is 34.7 Å². The lowest BCUT2D eigenvalue weighted by Gasteiger charge is -2.37. The zero-order chi connectivity index (χ0) is 26.7. The molecule has 0 aliphatic carbocycles. The Balaban J connectivity index is 1.51. The average molecular weight is 547 g/mol. The summed E-state index contributed by atoms with van der Waals surface area (Å²) in [6.45, 7) is 4.35. The molecule has 2 heterocycles. The Bertz CT molecular complexity index is 1260. The summed E-state index contributed by atoms with van der Waals surface area (Å²) in [5.41, 5.74) is 14.2. The third kappa shape index (κ3) is 5.78. The third-order valence-corrected chi connectivity index (χ3v) is 7.27. The molecule has 1 unspecified atom stereocenters. The molecule has 11 heteroatoms. The van der Waals surface area contributed by atoms with E-state index in [0.717, 1.165) is 25.9 Å². The molecule has 2 aliphatic heterocycles. The van der Waals surface area contributed by atoms with Crippen molar-refractivity contribution in [3.05, 3.63) is 86.7 Å². The molecule has 0 bridgehead atoms. The topological polar surface area (TPSA) is 117 Å². The number of benzene rings is 2. The van der Waals surface area contributed by atoms with Crippen LogP contribution in [0.5, 0.6) is 0 Å². The summed E-state index contributed by atoms with van der Waals surface area (Å²) < 4.78 is 14.2. The first kappa shape index (κ1) is 26.6. The minimum atomic E-state index is -0.580. The van der Waals surface area contributed by atoms with Gasteiger partial charge >= 0.3 is 0 Å². The Morgan fingerprint density at radius 2 is 1.78 bits per heavy atom. The minimum absolute atomic E-state index is 0.0188. The smallest absolute Gasteiger partial charge is 0.271 e. The highest BCUT2D eigenvalue weighted by Crippen LogP contribution is 2.37. The van der Waals surface area contributed by atoms with Crippen molar-refractivity contribution in [1.82, 2.24) is 15.1 Å². The number of nitrogens with two attached hydrogens (primary N) is 2. The molecule has 4 rings (SSSR count). The largest absolute Gasteiger partial charge is 0.394 e. The highest BCUT2D eigenvalue weighted by atomic mass is 35.5. The lowest BCUT2D eigenvalue weighted by molar-refractivity contribution is -0.112. The number of carbonyl (C=O) groups excluding carboxylic acids is 2. The summed E-state index contributed by atoms with van der Waals surface area (Å²) in [7, 11) is 0. The van der Waals surface area contributed by atoms with Crippen LogP contribution >= 0.6 is 23.2 Å². The van der Waals surface area contributed by atoms with Crippen molar-refractivity contribution in [3.8, 4) is 0 Å². The predicted octanol–water partition coefficient (Wildman–Crippen LogP) is 3.94. The Morgan fingerprint density at radius 3 is 2.46 bits per heavy atom. The van der Waals surface area contributed by atoms with Gasteiger partial charge in [0.2, 0.25) is 0 Å². The van der Waals surface area contributed by atoms with Crippen molar-refractivity contribution < 1.29 is 14.0 Å². The third-order valence-electron chi connectivity index (χ3n) is 6.56. The molecule has 0 saturated carbocycles. The van der Waals surface area contributed by atoms with Gasteiger partial charge in [-0.3, -0.25) is 9.59 Å². The fraction of sp³-hybridized carbons (Fsp3) is 0.308. The molecule has 2 aromatic carbocycles. The van der Waals surface area contributed by atoms with E-state index in [9.17, 15) is 14.0 Å². The van der Waals surface area contributed by atoms with E-state index in [1.54, 1.807) is 24.3 Å². The van der Waals surface area contributed by atoms with Gasteiger partial charge in [-0.25, -0.2) is 4.39 Å². The number of likely N-dealkylation sites (tertiary alicyclic amines) is 1. The van der Waals surface area contributed by atoms with Gasteiger partial charge in [-0.1, -0.05) is 23.2 Å². The monoisotopic (exact) mass is 546 g/mol. The number of rotatable bonds is 6. The van der Waals surface area contributed by atoms with Crippen LogP contribution in [-0.2, 0) is 4.79 Å². The second-order valence-corrected chi connectivity index (χ2v) is 9.77. The van der Waals surface area contributed by atoms with E-state index >= 15 is 0 Å². The van der Waals surface area contributed by atoms with E-state index in [2.05, 4.69) is 10.6 Å². The number of hydrogen-bond donors (Lipinski definition) is 4. The maximum absolute atomic E-state index is 14.2. The molecular formula is C26H29Cl2FN6O2. The van der Waals surface area contributed by atoms with Crippen molar-refractivity contribution in [2.75, 3.05) is 31.5 Å². The number of amides is 2. The Morgan fingerprint density at radius 1 is 1.11 bits per heavy atom. The van der Waals surface area contributed by atoms with Crippen LogP contribution in [0.4, 0.5) is 10.1 Å². The van der Waals surface area contributed by atoms with Crippen LogP contribution in [-0.4, -0.2) is 47.8 Å². The Kier molecular flexibility index (Phi) is 8.14. The molecule has 0 aromatic heterocycles. The standard InChI is InChI=1S/C26H29Cl2FN6O2/c1-15(22-18(27)8-9-19(29)23(22)28)35-13-10-32-24(31)21(35)14-20(30)25(36)33-17-6-4-16(5-7-17)26(37)34-11-2-3-12-34/h4-9,14-15,32H,2-3,10-13,30-31H2,1H3,(H,33,36). The van der Waals surface area contributed by atoms with Gasteiger partial charge in [-0.05, 0) is 62.2 Å². The summed E-state index contributed by atoms with van der Waals surface area (Å²) in [5.74, 6) is -0.833. The molecule has 0 spiro atoms. The summed E-state index contributed by atoms with van der Waals surface area (Å²) in [6.07, 6.45) is 3.49. The van der Waals surface area contributed by atoms with Crippen LogP contribution in [0.1, 0.15) is 41.7 Å². The van der Waals surface area contributed by atoms with Crippen molar-refractivity contribution in [2.24, 2.45) is 11.5 Å². The number of nitrogens with zero attached hydrogens (tertiary/aromatic N) is 2. The van der Waals surface area contributed by atoms with Crippen LogP contribution in [0, 0.1) is 5.82 Å². The van der Waals surface area contributed by atoms with Crippen molar-refractivity contribution >= 4 is 40.7 Å². The molecule has 196 valence electrons. The summed E-state index contributed by atoms with van der Waals surface area (Å²) >= 11 is 12.6.